The van der Waals surface area contributed by atoms with Crippen molar-refractivity contribution >= 4 is 20.2 Å². The summed E-state index contributed by atoms with van der Waals surface area (Å²) in [5.74, 6) is 1.64. The van der Waals surface area contributed by atoms with Gasteiger partial charge in [0, 0.05) is 6.07 Å². The van der Waals surface area contributed by atoms with Crippen LogP contribution in [0.15, 0.2) is 24.3 Å². The largest absolute Gasteiger partial charge is 2.00 e. The van der Waals surface area contributed by atoms with Crippen LogP contribution < -0.4 is 40.2 Å². The van der Waals surface area contributed by atoms with E-state index in [1.807, 2.05) is 24.3 Å². The summed E-state index contributed by atoms with van der Waals surface area (Å²) in [6.45, 7) is 0. The Balaban J connectivity index is -0.0000000415. The molecule has 0 spiro atoms. The van der Waals surface area contributed by atoms with Crippen LogP contribution in [0.2, 0.25) is 0 Å². The minimum atomic E-state index is -6.09. The van der Waals surface area contributed by atoms with Crippen molar-refractivity contribution in [1.82, 2.24) is 30.8 Å². The maximum absolute atomic E-state index is 10.7. The van der Waals surface area contributed by atoms with Gasteiger partial charge in [-0.15, -0.1) is 0 Å². The summed E-state index contributed by atoms with van der Waals surface area (Å²) in [7, 11) is -8.91. The van der Waals surface area contributed by atoms with E-state index in [1.165, 1.54) is 0 Å². The fourth-order valence-corrected chi connectivity index (χ4v) is 0.728. The first kappa shape index (κ1) is 52.5. The second-order valence-corrected chi connectivity index (χ2v) is 6.43. The quantitative estimate of drug-likeness (QED) is 0.168. The predicted molar refractivity (Wildman–Crippen MR) is 96.2 cm³/mol. The first-order valence-corrected chi connectivity index (χ1v) is 8.40. The average Bonchev–Trinajstić information content (AvgIpc) is 2.44. The Bertz CT molecular complexity index is 719. The monoisotopic (exact) mass is 713 g/mol. The first-order valence-electron chi connectivity index (χ1n) is 5.59. The van der Waals surface area contributed by atoms with Crippen molar-refractivity contribution in [2.45, 2.75) is 11.0 Å². The third-order valence-electron chi connectivity index (χ3n) is 1.84. The number of ether oxygens (including phenoxy) is 2. The van der Waals surface area contributed by atoms with E-state index in [0.29, 0.717) is 0 Å². The van der Waals surface area contributed by atoms with Gasteiger partial charge in [-0.25, -0.2) is 16.8 Å². The SMILES string of the molecule is COc1cccc(OC)c1.N.N.N.N.N.O=S(=O)([O-])C(F)(F)F.O=S(=O)([O-])C(F)(F)F.[Os+2]. The summed E-state index contributed by atoms with van der Waals surface area (Å²) < 4.78 is 128. The van der Waals surface area contributed by atoms with Gasteiger partial charge in [0.15, 0.2) is 20.2 Å². The Morgan fingerprint density at radius 1 is 0.688 bits per heavy atom. The number of methoxy groups -OCH3 is 2. The normalized spacial score (nSPS) is 9.81. The maximum atomic E-state index is 10.7. The molecule has 1 rings (SSSR count). The smallest absolute Gasteiger partial charge is 0.741 e. The van der Waals surface area contributed by atoms with Gasteiger partial charge in [-0.05, 0) is 12.1 Å². The molecule has 0 amide bonds. The molecule has 1 aromatic rings. The van der Waals surface area contributed by atoms with Crippen LogP contribution in [0.25, 0.3) is 0 Å². The molecule has 0 atom stereocenters. The molecule has 0 fully saturated rings. The van der Waals surface area contributed by atoms with Gasteiger partial charge in [0.25, 0.3) is 0 Å². The number of rotatable bonds is 2. The van der Waals surface area contributed by atoms with Crippen molar-refractivity contribution in [1.29, 1.82) is 0 Å². The number of alkyl halides is 6. The van der Waals surface area contributed by atoms with Gasteiger partial charge in [0.05, 0.1) is 14.2 Å². The molecule has 13 nitrogen and oxygen atoms in total. The van der Waals surface area contributed by atoms with E-state index in [-0.39, 0.29) is 50.5 Å². The molecule has 0 saturated carbocycles. The summed E-state index contributed by atoms with van der Waals surface area (Å²) in [5, 5.41) is 0. The van der Waals surface area contributed by atoms with Gasteiger partial charge in [0.1, 0.15) is 11.5 Å². The van der Waals surface area contributed by atoms with Crippen LogP contribution in [0.3, 0.4) is 0 Å². The van der Waals surface area contributed by atoms with E-state index in [9.17, 15) is 26.3 Å². The van der Waals surface area contributed by atoms with Crippen molar-refractivity contribution in [3.63, 3.8) is 0 Å². The van der Waals surface area contributed by atoms with E-state index in [0.717, 1.165) is 11.5 Å². The molecule has 22 heteroatoms. The van der Waals surface area contributed by atoms with E-state index in [1.54, 1.807) is 14.2 Å². The third-order valence-corrected chi connectivity index (χ3v) is 2.98. The van der Waals surface area contributed by atoms with E-state index >= 15 is 0 Å². The van der Waals surface area contributed by atoms with Crippen LogP contribution in [0.4, 0.5) is 26.3 Å². The maximum Gasteiger partial charge on any atom is 2.00 e. The zero-order chi connectivity index (χ0) is 21.4. The zero-order valence-corrected chi connectivity index (χ0v) is 20.7. The third kappa shape index (κ3) is 23.3. The topological polar surface area (TPSA) is 308 Å². The summed E-state index contributed by atoms with van der Waals surface area (Å²) in [6.07, 6.45) is 0. The number of hydrogen-bond acceptors (Lipinski definition) is 13. The molecule has 0 saturated heterocycles. The van der Waals surface area contributed by atoms with Crippen LogP contribution in [-0.4, -0.2) is 51.2 Å². The molecule has 0 unspecified atom stereocenters. The average molecular weight is 712 g/mol. The predicted octanol–water partition coefficient (Wildman–Crippen LogP) is 2.61. The van der Waals surface area contributed by atoms with E-state index in [2.05, 4.69) is 0 Å². The first-order chi connectivity index (χ1) is 11.4. The molecule has 15 N–H and O–H groups in total. The van der Waals surface area contributed by atoms with Crippen molar-refractivity contribution < 1.29 is 81.5 Å². The molecule has 0 aromatic heterocycles. The van der Waals surface area contributed by atoms with Gasteiger partial charge in [-0.1, -0.05) is 6.07 Å². The van der Waals surface area contributed by atoms with Gasteiger partial charge in [-0.3, -0.25) is 0 Å². The molecule has 32 heavy (non-hydrogen) atoms. The summed E-state index contributed by atoms with van der Waals surface area (Å²) in [6, 6.07) is 7.47. The van der Waals surface area contributed by atoms with Crippen molar-refractivity contribution in [3.8, 4) is 11.5 Å². The van der Waals surface area contributed by atoms with Crippen LogP contribution >= 0.6 is 0 Å². The summed E-state index contributed by atoms with van der Waals surface area (Å²) in [5.41, 5.74) is -11.3. The van der Waals surface area contributed by atoms with Crippen molar-refractivity contribution in [2.24, 2.45) is 0 Å². The Morgan fingerprint density at radius 3 is 1.00 bits per heavy atom. The van der Waals surface area contributed by atoms with Gasteiger partial charge >= 0.3 is 30.8 Å². The van der Waals surface area contributed by atoms with E-state index in [4.69, 9.17) is 35.4 Å². The molecular formula is C10H25F6N5O8OsS2. The fourth-order valence-electron chi connectivity index (χ4n) is 0.728. The molecule has 0 bridgehead atoms. The Kier molecular flexibility index (Phi) is 33.3. The zero-order valence-electron chi connectivity index (χ0n) is 16.5. The standard InChI is InChI=1S/C8H10O2.2CHF3O3S.5H3N.Os/c1-9-7-4-3-5-8(6-7)10-2;2*2-1(3,4)8(5,6)7;;;;;;/h3-6H,1-2H3;2*(H,5,6,7);5*1H3;/q;;;;;;;;+2/p-2. The summed E-state index contributed by atoms with van der Waals surface area (Å²) >= 11 is 0. The molecule has 200 valence electrons. The molecule has 0 radical (unpaired) electrons. The number of halogens is 6. The minimum absolute atomic E-state index is 0. The molecule has 0 heterocycles. The van der Waals surface area contributed by atoms with Crippen LogP contribution in [0, 0.1) is 0 Å². The van der Waals surface area contributed by atoms with Crippen molar-refractivity contribution in [3.05, 3.63) is 24.3 Å². The van der Waals surface area contributed by atoms with Crippen LogP contribution in [0.5, 0.6) is 11.5 Å². The molecule has 0 aliphatic carbocycles. The van der Waals surface area contributed by atoms with Gasteiger partial charge < -0.3 is 49.3 Å². The Morgan fingerprint density at radius 2 is 0.875 bits per heavy atom. The van der Waals surface area contributed by atoms with Gasteiger partial charge in [-0.2, -0.15) is 26.3 Å². The molecular weight excluding hydrogens is 686 g/mol. The van der Waals surface area contributed by atoms with E-state index < -0.39 is 31.3 Å². The number of benzene rings is 1. The number of hydrogen-bond donors (Lipinski definition) is 5. The molecule has 0 aliphatic heterocycles. The fraction of sp³-hybridized carbons (Fsp3) is 0.400. The second-order valence-electron chi connectivity index (χ2n) is 3.68. The van der Waals surface area contributed by atoms with Gasteiger partial charge in [0.2, 0.25) is 0 Å². The van der Waals surface area contributed by atoms with Crippen LogP contribution in [-0.2, 0) is 40.0 Å². The Hall–Kier alpha value is -1.34. The Labute approximate surface area is 193 Å². The summed E-state index contributed by atoms with van der Waals surface area (Å²) in [4.78, 5) is 0. The second kappa shape index (κ2) is 20.3. The van der Waals surface area contributed by atoms with Crippen LogP contribution in [0.1, 0.15) is 0 Å². The minimum Gasteiger partial charge on any atom is -0.741 e. The molecule has 1 aromatic carbocycles. The van der Waals surface area contributed by atoms with Crippen molar-refractivity contribution in [2.75, 3.05) is 14.2 Å². The molecule has 0 aliphatic rings.